The topological polar surface area (TPSA) is 83.8 Å². The zero-order valence-electron chi connectivity index (χ0n) is 16.5. The standard InChI is InChI=1S/C20H22ClN7O/c1-11-8-22-6-7-28(11)20-24-18-16(19(29)27(20)3)13(9-23-18)12-4-5-15-14(17(12)21)10-26(2)25-15/h4-5,9-11,22-23H,6-8H2,1-3H3. The van der Waals surface area contributed by atoms with Crippen LogP contribution in [0.15, 0.2) is 29.3 Å². The number of benzene rings is 1. The van der Waals surface area contributed by atoms with Crippen LogP contribution in [0, 0.1) is 0 Å². The number of fused-ring (bicyclic) bond motifs is 2. The number of rotatable bonds is 2. The molecule has 0 saturated carbocycles. The number of aromatic amines is 1. The second-order valence-electron chi connectivity index (χ2n) is 7.61. The van der Waals surface area contributed by atoms with Gasteiger partial charge >= 0.3 is 0 Å². The van der Waals surface area contributed by atoms with E-state index in [2.05, 4.69) is 27.2 Å². The number of H-pyrrole nitrogens is 1. The van der Waals surface area contributed by atoms with Gasteiger partial charge in [0.1, 0.15) is 5.65 Å². The van der Waals surface area contributed by atoms with Crippen molar-refractivity contribution >= 4 is 39.5 Å². The summed E-state index contributed by atoms with van der Waals surface area (Å²) in [6, 6.07) is 4.09. The molecule has 1 saturated heterocycles. The molecule has 1 unspecified atom stereocenters. The molecule has 1 fully saturated rings. The number of nitrogens with one attached hydrogen (secondary N) is 2. The first-order valence-corrected chi connectivity index (χ1v) is 10.0. The Morgan fingerprint density at radius 1 is 1.24 bits per heavy atom. The number of aromatic nitrogens is 5. The highest BCUT2D eigenvalue weighted by molar-refractivity contribution is 6.38. The fourth-order valence-electron chi connectivity index (χ4n) is 4.14. The highest BCUT2D eigenvalue weighted by atomic mass is 35.5. The summed E-state index contributed by atoms with van der Waals surface area (Å²) in [5, 5.41) is 9.75. The van der Waals surface area contributed by atoms with Gasteiger partial charge < -0.3 is 15.2 Å². The van der Waals surface area contributed by atoms with E-state index >= 15 is 0 Å². The molecule has 4 aromatic rings. The van der Waals surface area contributed by atoms with Gasteiger partial charge in [0.25, 0.3) is 5.56 Å². The maximum Gasteiger partial charge on any atom is 0.264 e. The van der Waals surface area contributed by atoms with E-state index in [1.54, 1.807) is 16.3 Å². The number of hydrogen-bond donors (Lipinski definition) is 2. The summed E-state index contributed by atoms with van der Waals surface area (Å²) in [4.78, 5) is 23.5. The number of aryl methyl sites for hydroxylation is 1. The Hall–Kier alpha value is -2.84. The molecule has 1 aromatic carbocycles. The molecule has 5 rings (SSSR count). The van der Waals surface area contributed by atoms with E-state index in [0.717, 1.165) is 41.7 Å². The fourth-order valence-corrected chi connectivity index (χ4v) is 4.45. The molecule has 1 atom stereocenters. The summed E-state index contributed by atoms with van der Waals surface area (Å²) < 4.78 is 3.37. The molecule has 29 heavy (non-hydrogen) atoms. The van der Waals surface area contributed by atoms with Crippen LogP contribution in [0.3, 0.4) is 0 Å². The zero-order valence-corrected chi connectivity index (χ0v) is 17.3. The average molecular weight is 412 g/mol. The molecule has 2 N–H and O–H groups in total. The van der Waals surface area contributed by atoms with Crippen molar-refractivity contribution in [1.29, 1.82) is 0 Å². The Balaban J connectivity index is 1.71. The molecule has 9 heteroatoms. The lowest BCUT2D eigenvalue weighted by Crippen LogP contribution is -2.51. The number of piperazine rings is 1. The average Bonchev–Trinajstić information content (AvgIpc) is 3.29. The fraction of sp³-hybridized carbons (Fsp3) is 0.350. The van der Waals surface area contributed by atoms with Crippen LogP contribution < -0.4 is 15.8 Å². The SMILES string of the molecule is CC1CNCCN1c1nc2[nH]cc(-c3ccc4nn(C)cc4c3Cl)c2c(=O)n1C. The highest BCUT2D eigenvalue weighted by Gasteiger charge is 2.24. The maximum atomic E-state index is 13.3. The summed E-state index contributed by atoms with van der Waals surface area (Å²) in [6.45, 7) is 4.68. The minimum atomic E-state index is -0.0886. The summed E-state index contributed by atoms with van der Waals surface area (Å²) in [5.41, 5.74) is 2.85. The summed E-state index contributed by atoms with van der Waals surface area (Å²) in [6.07, 6.45) is 3.70. The van der Waals surface area contributed by atoms with Crippen LogP contribution in [0.1, 0.15) is 6.92 Å². The first-order valence-electron chi connectivity index (χ1n) is 9.63. The van der Waals surface area contributed by atoms with Crippen LogP contribution >= 0.6 is 11.6 Å². The van der Waals surface area contributed by atoms with Crippen molar-refractivity contribution in [2.24, 2.45) is 14.1 Å². The molecule has 0 spiro atoms. The van der Waals surface area contributed by atoms with E-state index in [4.69, 9.17) is 16.6 Å². The first-order chi connectivity index (χ1) is 14.0. The van der Waals surface area contributed by atoms with Crippen molar-refractivity contribution in [2.45, 2.75) is 13.0 Å². The van der Waals surface area contributed by atoms with Gasteiger partial charge in [0.2, 0.25) is 5.95 Å². The van der Waals surface area contributed by atoms with Crippen LogP contribution in [0.2, 0.25) is 5.02 Å². The highest BCUT2D eigenvalue weighted by Crippen LogP contribution is 2.36. The minimum absolute atomic E-state index is 0.0886. The molecule has 0 amide bonds. The van der Waals surface area contributed by atoms with Crippen molar-refractivity contribution in [1.82, 2.24) is 29.6 Å². The molecule has 0 bridgehead atoms. The quantitative estimate of drug-likeness (QED) is 0.528. The Morgan fingerprint density at radius 3 is 2.86 bits per heavy atom. The molecule has 0 radical (unpaired) electrons. The van der Waals surface area contributed by atoms with Gasteiger partial charge in [-0.05, 0) is 13.0 Å². The third kappa shape index (κ3) is 2.74. The molecular formula is C20H22ClN7O. The van der Waals surface area contributed by atoms with Crippen molar-refractivity contribution in [3.63, 3.8) is 0 Å². The number of nitrogens with zero attached hydrogens (tertiary/aromatic N) is 5. The van der Waals surface area contributed by atoms with Crippen molar-refractivity contribution < 1.29 is 0 Å². The Bertz CT molecular complexity index is 1300. The Labute approximate surface area is 172 Å². The molecule has 8 nitrogen and oxygen atoms in total. The van der Waals surface area contributed by atoms with E-state index in [1.165, 1.54) is 0 Å². The van der Waals surface area contributed by atoms with Crippen LogP contribution in [-0.2, 0) is 14.1 Å². The molecular weight excluding hydrogens is 390 g/mol. The van der Waals surface area contributed by atoms with Gasteiger partial charge in [-0.3, -0.25) is 14.0 Å². The molecule has 150 valence electrons. The van der Waals surface area contributed by atoms with Crippen LogP contribution in [-0.4, -0.2) is 50.0 Å². The van der Waals surface area contributed by atoms with E-state index in [0.29, 0.717) is 22.0 Å². The van der Waals surface area contributed by atoms with Gasteiger partial charge in [-0.1, -0.05) is 17.7 Å². The van der Waals surface area contributed by atoms with Crippen molar-refractivity contribution in [2.75, 3.05) is 24.5 Å². The summed E-state index contributed by atoms with van der Waals surface area (Å²) >= 11 is 6.70. The van der Waals surface area contributed by atoms with Crippen molar-refractivity contribution in [3.05, 3.63) is 39.9 Å². The lowest BCUT2D eigenvalue weighted by Gasteiger charge is -2.35. The first kappa shape index (κ1) is 18.2. The van der Waals surface area contributed by atoms with Gasteiger partial charge in [-0.25, -0.2) is 0 Å². The predicted molar refractivity (Wildman–Crippen MR) is 116 cm³/mol. The summed E-state index contributed by atoms with van der Waals surface area (Å²) in [5.74, 6) is 0.679. The van der Waals surface area contributed by atoms with Gasteiger partial charge in [0, 0.05) is 68.7 Å². The lowest BCUT2D eigenvalue weighted by atomic mass is 10.0. The normalized spacial score (nSPS) is 17.5. The minimum Gasteiger partial charge on any atom is -0.345 e. The second kappa shape index (κ2) is 6.60. The van der Waals surface area contributed by atoms with Gasteiger partial charge in [0.15, 0.2) is 0 Å². The smallest absolute Gasteiger partial charge is 0.264 e. The second-order valence-corrected chi connectivity index (χ2v) is 7.99. The summed E-state index contributed by atoms with van der Waals surface area (Å²) in [7, 11) is 3.64. The number of halogens is 1. The molecule has 0 aliphatic carbocycles. The third-order valence-electron chi connectivity index (χ3n) is 5.68. The zero-order chi connectivity index (χ0) is 20.3. The Kier molecular flexibility index (Phi) is 4.15. The van der Waals surface area contributed by atoms with Crippen molar-refractivity contribution in [3.8, 4) is 11.1 Å². The van der Waals surface area contributed by atoms with E-state index < -0.39 is 0 Å². The van der Waals surface area contributed by atoms with Gasteiger partial charge in [-0.15, -0.1) is 0 Å². The van der Waals surface area contributed by atoms with Gasteiger partial charge in [-0.2, -0.15) is 10.1 Å². The van der Waals surface area contributed by atoms with Crippen LogP contribution in [0.5, 0.6) is 0 Å². The molecule has 4 heterocycles. The predicted octanol–water partition coefficient (Wildman–Crippen LogP) is 2.27. The molecule has 1 aliphatic heterocycles. The van der Waals surface area contributed by atoms with E-state index in [1.807, 2.05) is 31.6 Å². The van der Waals surface area contributed by atoms with E-state index in [9.17, 15) is 4.79 Å². The third-order valence-corrected chi connectivity index (χ3v) is 6.08. The maximum absolute atomic E-state index is 13.3. The largest absolute Gasteiger partial charge is 0.345 e. The number of hydrogen-bond acceptors (Lipinski definition) is 5. The molecule has 3 aromatic heterocycles. The van der Waals surface area contributed by atoms with Gasteiger partial charge in [0.05, 0.1) is 15.9 Å². The van der Waals surface area contributed by atoms with E-state index in [-0.39, 0.29) is 11.6 Å². The Morgan fingerprint density at radius 2 is 2.07 bits per heavy atom. The van der Waals surface area contributed by atoms with Crippen LogP contribution in [0.4, 0.5) is 5.95 Å². The monoisotopic (exact) mass is 411 g/mol. The molecule has 1 aliphatic rings. The lowest BCUT2D eigenvalue weighted by molar-refractivity contribution is 0.486. The van der Waals surface area contributed by atoms with Crippen LogP contribution in [0.25, 0.3) is 33.1 Å². The number of anilines is 1.